The summed E-state index contributed by atoms with van der Waals surface area (Å²) in [4.78, 5) is 22.6. The molecular weight excluding hydrogens is 384 g/mol. The summed E-state index contributed by atoms with van der Waals surface area (Å²) in [6, 6.07) is 9.43. The average molecular weight is 403 g/mol. The summed E-state index contributed by atoms with van der Waals surface area (Å²) in [7, 11) is 0. The molecule has 1 amide bonds. The topological polar surface area (TPSA) is 108 Å². The van der Waals surface area contributed by atoms with Crippen LogP contribution >= 0.6 is 11.6 Å². The maximum absolute atomic E-state index is 12.3. The molecule has 0 aliphatic rings. The average Bonchev–Trinajstić information content (AvgIpc) is 3.08. The van der Waals surface area contributed by atoms with Crippen molar-refractivity contribution >= 4 is 29.0 Å². The molecule has 0 aliphatic heterocycles. The molecule has 1 aromatic carbocycles. The fourth-order valence-corrected chi connectivity index (χ4v) is 3.08. The van der Waals surface area contributed by atoms with E-state index in [1.807, 2.05) is 42.8 Å². The Morgan fingerprint density at radius 3 is 2.57 bits per heavy atom. The van der Waals surface area contributed by atoms with Crippen LogP contribution in [0, 0.1) is 30.9 Å². The van der Waals surface area contributed by atoms with Gasteiger partial charge in [0.25, 0.3) is 0 Å². The number of nitro groups is 1. The number of aryl methyl sites for hydroxylation is 2. The molecule has 0 spiro atoms. The van der Waals surface area contributed by atoms with E-state index in [-0.39, 0.29) is 17.5 Å². The van der Waals surface area contributed by atoms with Crippen molar-refractivity contribution in [2.45, 2.75) is 33.9 Å². The number of benzene rings is 1. The molecule has 0 atom stereocenters. The standard InChI is InChI=1S/C18H19ClN6O3/c1-11-7-12(2)23(21-11)9-14-5-4-6-15(8-14)20-16(26)10-24-13(3)17(19)18(22-24)25(27)28/h4-8H,9-10H2,1-3H3,(H,20,26). The number of anilines is 1. The quantitative estimate of drug-likeness (QED) is 0.503. The molecule has 28 heavy (non-hydrogen) atoms. The number of carbonyl (C=O) groups is 1. The summed E-state index contributed by atoms with van der Waals surface area (Å²) in [5.41, 5.74) is 3.97. The Balaban J connectivity index is 1.70. The van der Waals surface area contributed by atoms with E-state index in [0.717, 1.165) is 17.0 Å². The zero-order valence-electron chi connectivity index (χ0n) is 15.6. The molecule has 0 aliphatic carbocycles. The lowest BCUT2D eigenvalue weighted by atomic mass is 10.2. The molecular formula is C18H19ClN6O3. The van der Waals surface area contributed by atoms with Gasteiger partial charge in [0, 0.05) is 11.4 Å². The third kappa shape index (κ3) is 4.20. The number of amides is 1. The van der Waals surface area contributed by atoms with Gasteiger partial charge in [-0.2, -0.15) is 9.78 Å². The van der Waals surface area contributed by atoms with Crippen molar-refractivity contribution in [3.8, 4) is 0 Å². The van der Waals surface area contributed by atoms with Gasteiger partial charge >= 0.3 is 5.82 Å². The molecule has 1 N–H and O–H groups in total. The van der Waals surface area contributed by atoms with Crippen molar-refractivity contribution in [3.63, 3.8) is 0 Å². The second kappa shape index (κ2) is 7.81. The van der Waals surface area contributed by atoms with Crippen LogP contribution in [0.25, 0.3) is 0 Å². The Bertz CT molecular complexity index is 1060. The van der Waals surface area contributed by atoms with Crippen LogP contribution in [0.4, 0.5) is 11.5 Å². The first-order valence-corrected chi connectivity index (χ1v) is 8.89. The van der Waals surface area contributed by atoms with Crippen molar-refractivity contribution in [1.82, 2.24) is 19.6 Å². The highest BCUT2D eigenvalue weighted by Gasteiger charge is 2.25. The third-order valence-corrected chi connectivity index (χ3v) is 4.67. The zero-order chi connectivity index (χ0) is 20.4. The fraction of sp³-hybridized carbons (Fsp3) is 0.278. The van der Waals surface area contributed by atoms with Gasteiger partial charge in [0.05, 0.1) is 23.0 Å². The molecule has 3 rings (SSSR count). The number of rotatable bonds is 6. The van der Waals surface area contributed by atoms with Crippen LogP contribution in [-0.4, -0.2) is 30.4 Å². The van der Waals surface area contributed by atoms with Crippen LogP contribution in [0.5, 0.6) is 0 Å². The van der Waals surface area contributed by atoms with Crippen molar-refractivity contribution in [2.24, 2.45) is 0 Å². The Morgan fingerprint density at radius 2 is 1.96 bits per heavy atom. The van der Waals surface area contributed by atoms with Gasteiger partial charge in [-0.15, -0.1) is 0 Å². The summed E-state index contributed by atoms with van der Waals surface area (Å²) in [5.74, 6) is -0.820. The zero-order valence-corrected chi connectivity index (χ0v) is 16.4. The number of nitrogens with zero attached hydrogens (tertiary/aromatic N) is 5. The predicted molar refractivity (Wildman–Crippen MR) is 105 cm³/mol. The lowest BCUT2D eigenvalue weighted by Crippen LogP contribution is -2.20. The van der Waals surface area contributed by atoms with Crippen molar-refractivity contribution in [2.75, 3.05) is 5.32 Å². The van der Waals surface area contributed by atoms with E-state index in [4.69, 9.17) is 11.6 Å². The molecule has 0 saturated carbocycles. The molecule has 2 heterocycles. The van der Waals surface area contributed by atoms with E-state index in [1.165, 1.54) is 4.68 Å². The van der Waals surface area contributed by atoms with Crippen molar-refractivity contribution in [3.05, 3.63) is 68.1 Å². The smallest absolute Gasteiger partial charge is 0.358 e. The normalized spacial score (nSPS) is 10.9. The number of halogens is 1. The number of hydrogen-bond acceptors (Lipinski definition) is 5. The van der Waals surface area contributed by atoms with E-state index < -0.39 is 10.7 Å². The van der Waals surface area contributed by atoms with Gasteiger partial charge in [0.1, 0.15) is 6.54 Å². The molecule has 0 bridgehead atoms. The SMILES string of the molecule is Cc1cc(C)n(Cc2cccc(NC(=O)Cn3nc([N+](=O)[O-])c(Cl)c3C)c2)n1. The summed E-state index contributed by atoms with van der Waals surface area (Å²) in [6.45, 7) is 5.91. The van der Waals surface area contributed by atoms with Gasteiger partial charge in [-0.05, 0) is 49.5 Å². The Labute approximate surface area is 166 Å². The van der Waals surface area contributed by atoms with E-state index in [1.54, 1.807) is 13.0 Å². The monoisotopic (exact) mass is 402 g/mol. The maximum Gasteiger partial charge on any atom is 0.408 e. The number of nitrogens with one attached hydrogen (secondary N) is 1. The first kappa shape index (κ1) is 19.6. The highest BCUT2D eigenvalue weighted by molar-refractivity contribution is 6.33. The molecule has 10 heteroatoms. The predicted octanol–water partition coefficient (Wildman–Crippen LogP) is 3.25. The number of hydrogen-bond donors (Lipinski definition) is 1. The van der Waals surface area contributed by atoms with Crippen molar-refractivity contribution < 1.29 is 9.72 Å². The summed E-state index contributed by atoms with van der Waals surface area (Å²) >= 11 is 5.90. The molecule has 2 aromatic heterocycles. The largest absolute Gasteiger partial charge is 0.408 e. The first-order chi connectivity index (χ1) is 13.2. The van der Waals surface area contributed by atoms with Crippen LogP contribution in [0.15, 0.2) is 30.3 Å². The number of carbonyl (C=O) groups excluding carboxylic acids is 1. The fourth-order valence-electron chi connectivity index (χ4n) is 2.87. The third-order valence-electron chi connectivity index (χ3n) is 4.23. The number of aromatic nitrogens is 4. The van der Waals surface area contributed by atoms with Crippen LogP contribution in [-0.2, 0) is 17.9 Å². The Kier molecular flexibility index (Phi) is 5.46. The van der Waals surface area contributed by atoms with E-state index in [2.05, 4.69) is 15.5 Å². The molecule has 0 saturated heterocycles. The van der Waals surface area contributed by atoms with Gasteiger partial charge in [0.15, 0.2) is 5.02 Å². The molecule has 146 valence electrons. The summed E-state index contributed by atoms with van der Waals surface area (Å²) < 4.78 is 3.11. The molecule has 0 unspecified atom stereocenters. The van der Waals surface area contributed by atoms with Gasteiger partial charge in [-0.1, -0.05) is 23.7 Å². The van der Waals surface area contributed by atoms with Gasteiger partial charge in [0.2, 0.25) is 5.91 Å². The van der Waals surface area contributed by atoms with Crippen molar-refractivity contribution in [1.29, 1.82) is 0 Å². The van der Waals surface area contributed by atoms with Crippen LogP contribution in [0.2, 0.25) is 5.02 Å². The summed E-state index contributed by atoms with van der Waals surface area (Å²) in [5, 5.41) is 21.9. The lowest BCUT2D eigenvalue weighted by molar-refractivity contribution is -0.389. The maximum atomic E-state index is 12.3. The Hall–Kier alpha value is -3.20. The second-order valence-electron chi connectivity index (χ2n) is 6.47. The van der Waals surface area contributed by atoms with E-state index in [0.29, 0.717) is 17.9 Å². The van der Waals surface area contributed by atoms with Crippen LogP contribution in [0.3, 0.4) is 0 Å². The second-order valence-corrected chi connectivity index (χ2v) is 6.85. The minimum atomic E-state index is -0.674. The van der Waals surface area contributed by atoms with Gasteiger partial charge in [-0.25, -0.2) is 0 Å². The summed E-state index contributed by atoms with van der Waals surface area (Å²) in [6.07, 6.45) is 0. The molecule has 9 nitrogen and oxygen atoms in total. The van der Waals surface area contributed by atoms with Gasteiger partial charge < -0.3 is 15.4 Å². The van der Waals surface area contributed by atoms with E-state index >= 15 is 0 Å². The lowest BCUT2D eigenvalue weighted by Gasteiger charge is -2.09. The minimum Gasteiger partial charge on any atom is -0.358 e. The highest BCUT2D eigenvalue weighted by Crippen LogP contribution is 2.26. The highest BCUT2D eigenvalue weighted by atomic mass is 35.5. The van der Waals surface area contributed by atoms with E-state index in [9.17, 15) is 14.9 Å². The van der Waals surface area contributed by atoms with Crippen LogP contribution in [0.1, 0.15) is 22.6 Å². The van der Waals surface area contributed by atoms with Gasteiger partial charge in [-0.3, -0.25) is 9.48 Å². The molecule has 0 fully saturated rings. The van der Waals surface area contributed by atoms with Crippen LogP contribution < -0.4 is 5.32 Å². The minimum absolute atomic E-state index is 0.0651. The molecule has 3 aromatic rings. The molecule has 0 radical (unpaired) electrons. The Morgan fingerprint density at radius 1 is 1.21 bits per heavy atom. The first-order valence-electron chi connectivity index (χ1n) is 8.51.